The number of hydrogen-bond donors (Lipinski definition) is 3. The van der Waals surface area contributed by atoms with Gasteiger partial charge in [0.05, 0.1) is 15.7 Å². The highest BCUT2D eigenvalue weighted by molar-refractivity contribution is 6.42. The van der Waals surface area contributed by atoms with Gasteiger partial charge in [0, 0.05) is 11.8 Å². The maximum atomic E-state index is 13.8. The molecule has 0 saturated carbocycles. The molecule has 0 aliphatic heterocycles. The van der Waals surface area contributed by atoms with Crippen LogP contribution in [-0.4, -0.2) is 9.97 Å². The Morgan fingerprint density at radius 3 is 2.28 bits per heavy atom. The highest BCUT2D eigenvalue weighted by atomic mass is 35.5. The summed E-state index contributed by atoms with van der Waals surface area (Å²) >= 11 is 11.8. The van der Waals surface area contributed by atoms with Gasteiger partial charge < -0.3 is 16.4 Å². The molecule has 0 fully saturated rings. The van der Waals surface area contributed by atoms with Crippen LogP contribution in [0.4, 0.5) is 37.5 Å². The van der Waals surface area contributed by atoms with Gasteiger partial charge in [-0.2, -0.15) is 0 Å². The van der Waals surface area contributed by atoms with Crippen LogP contribution in [0.2, 0.25) is 10.0 Å². The maximum Gasteiger partial charge on any atom is 0.159 e. The molecule has 2 aromatic carbocycles. The summed E-state index contributed by atoms with van der Waals surface area (Å²) in [6.45, 7) is 0. The van der Waals surface area contributed by atoms with E-state index in [-0.39, 0.29) is 17.2 Å². The summed E-state index contributed by atoms with van der Waals surface area (Å²) in [5.41, 5.74) is 6.82. The van der Waals surface area contributed by atoms with Crippen molar-refractivity contribution in [2.24, 2.45) is 0 Å². The SMILES string of the molecule is Nc1c(Nc2ccc(Cl)c(Cl)c2)ncnc1Nc1ccc(F)cc1F. The Morgan fingerprint density at radius 2 is 1.60 bits per heavy atom. The maximum absolute atomic E-state index is 13.8. The highest BCUT2D eigenvalue weighted by Crippen LogP contribution is 2.31. The van der Waals surface area contributed by atoms with Crippen LogP contribution in [0.3, 0.4) is 0 Å². The number of nitrogens with one attached hydrogen (secondary N) is 2. The molecule has 1 aromatic heterocycles. The van der Waals surface area contributed by atoms with Gasteiger partial charge in [0.15, 0.2) is 11.6 Å². The zero-order chi connectivity index (χ0) is 18.0. The molecule has 128 valence electrons. The molecule has 9 heteroatoms. The van der Waals surface area contributed by atoms with Crippen molar-refractivity contribution in [3.8, 4) is 0 Å². The van der Waals surface area contributed by atoms with E-state index in [1.54, 1.807) is 18.2 Å². The fraction of sp³-hybridized carbons (Fsp3) is 0. The molecule has 0 bridgehead atoms. The van der Waals surface area contributed by atoms with Crippen molar-refractivity contribution >= 4 is 51.9 Å². The van der Waals surface area contributed by atoms with Gasteiger partial charge in [-0.25, -0.2) is 18.7 Å². The Hall–Kier alpha value is -2.64. The lowest BCUT2D eigenvalue weighted by Crippen LogP contribution is -2.06. The van der Waals surface area contributed by atoms with E-state index in [4.69, 9.17) is 28.9 Å². The fourth-order valence-electron chi connectivity index (χ4n) is 2.02. The molecule has 0 spiro atoms. The average molecular weight is 382 g/mol. The minimum absolute atomic E-state index is 0.0345. The molecule has 5 nitrogen and oxygen atoms in total. The van der Waals surface area contributed by atoms with Gasteiger partial charge in [-0.1, -0.05) is 23.2 Å². The van der Waals surface area contributed by atoms with Crippen molar-refractivity contribution < 1.29 is 8.78 Å². The third kappa shape index (κ3) is 3.89. The quantitative estimate of drug-likeness (QED) is 0.583. The topological polar surface area (TPSA) is 75.9 Å². The van der Waals surface area contributed by atoms with Crippen LogP contribution in [-0.2, 0) is 0 Å². The van der Waals surface area contributed by atoms with Crippen molar-refractivity contribution in [1.29, 1.82) is 0 Å². The van der Waals surface area contributed by atoms with Gasteiger partial charge in [0.2, 0.25) is 0 Å². The van der Waals surface area contributed by atoms with Crippen LogP contribution in [0, 0.1) is 11.6 Å². The molecule has 0 atom stereocenters. The zero-order valence-electron chi connectivity index (χ0n) is 12.5. The number of rotatable bonds is 4. The lowest BCUT2D eigenvalue weighted by atomic mass is 10.3. The number of halogens is 4. The fourth-order valence-corrected chi connectivity index (χ4v) is 2.32. The largest absolute Gasteiger partial charge is 0.393 e. The summed E-state index contributed by atoms with van der Waals surface area (Å²) in [5, 5.41) is 6.47. The van der Waals surface area contributed by atoms with Crippen molar-refractivity contribution in [2.75, 3.05) is 16.4 Å². The average Bonchev–Trinajstić information content (AvgIpc) is 2.57. The number of nitrogens with two attached hydrogens (primary N) is 1. The van der Waals surface area contributed by atoms with Crippen LogP contribution in [0.25, 0.3) is 0 Å². The standard InChI is InChI=1S/C16H11Cl2F2N5/c17-10-3-2-9(6-11(10)18)24-15-14(21)16(23-7-22-15)25-13-4-1-8(19)5-12(13)20/h1-7H,21H2,(H2,22,23,24,25). The predicted molar refractivity (Wildman–Crippen MR) is 95.8 cm³/mol. The lowest BCUT2D eigenvalue weighted by molar-refractivity contribution is 0.586. The molecule has 0 unspecified atom stereocenters. The van der Waals surface area contributed by atoms with Crippen LogP contribution >= 0.6 is 23.2 Å². The first kappa shape index (κ1) is 17.2. The van der Waals surface area contributed by atoms with Gasteiger partial charge in [0.1, 0.15) is 23.6 Å². The molecule has 25 heavy (non-hydrogen) atoms. The molecule has 1 heterocycles. The van der Waals surface area contributed by atoms with Gasteiger partial charge in [-0.3, -0.25) is 0 Å². The second-order valence-electron chi connectivity index (χ2n) is 4.99. The summed E-state index contributed by atoms with van der Waals surface area (Å²) in [7, 11) is 0. The van der Waals surface area contributed by atoms with Gasteiger partial charge in [0.25, 0.3) is 0 Å². The molecule has 4 N–H and O–H groups in total. The molecule has 3 rings (SSSR count). The molecule has 3 aromatic rings. The van der Waals surface area contributed by atoms with Crippen molar-refractivity contribution in [3.05, 3.63) is 64.4 Å². The first-order valence-electron chi connectivity index (χ1n) is 6.98. The number of anilines is 5. The van der Waals surface area contributed by atoms with E-state index in [9.17, 15) is 8.78 Å². The Kier molecular flexibility index (Phi) is 4.87. The minimum Gasteiger partial charge on any atom is -0.393 e. The van der Waals surface area contributed by atoms with Crippen molar-refractivity contribution in [1.82, 2.24) is 9.97 Å². The molecule has 0 radical (unpaired) electrons. The second kappa shape index (κ2) is 7.08. The Labute approximate surface area is 151 Å². The van der Waals surface area contributed by atoms with Gasteiger partial charge >= 0.3 is 0 Å². The number of hydrogen-bond acceptors (Lipinski definition) is 5. The highest BCUT2D eigenvalue weighted by Gasteiger charge is 2.12. The van der Waals surface area contributed by atoms with Gasteiger partial charge in [-0.15, -0.1) is 0 Å². The monoisotopic (exact) mass is 381 g/mol. The van der Waals surface area contributed by atoms with E-state index in [1.165, 1.54) is 12.4 Å². The molecular weight excluding hydrogens is 371 g/mol. The predicted octanol–water partition coefficient (Wildman–Crippen LogP) is 5.13. The third-order valence-corrected chi connectivity index (χ3v) is 3.99. The molecule has 0 amide bonds. The normalized spacial score (nSPS) is 10.6. The number of aromatic nitrogens is 2. The smallest absolute Gasteiger partial charge is 0.159 e. The second-order valence-corrected chi connectivity index (χ2v) is 5.80. The number of benzene rings is 2. The Morgan fingerprint density at radius 1 is 0.880 bits per heavy atom. The van der Waals surface area contributed by atoms with Crippen molar-refractivity contribution in [2.45, 2.75) is 0 Å². The first-order valence-corrected chi connectivity index (χ1v) is 7.74. The summed E-state index contributed by atoms with van der Waals surface area (Å²) in [5.74, 6) is -0.987. The third-order valence-electron chi connectivity index (χ3n) is 3.25. The van der Waals surface area contributed by atoms with E-state index in [0.717, 1.165) is 12.1 Å². The Balaban J connectivity index is 1.87. The first-order chi connectivity index (χ1) is 11.9. The Bertz CT molecular complexity index is 936. The molecule has 0 aliphatic rings. The lowest BCUT2D eigenvalue weighted by Gasteiger charge is -2.13. The molecular formula is C16H11Cl2F2N5. The van der Waals surface area contributed by atoms with Crippen LogP contribution in [0.1, 0.15) is 0 Å². The van der Waals surface area contributed by atoms with Crippen LogP contribution in [0.15, 0.2) is 42.7 Å². The summed E-state index contributed by atoms with van der Waals surface area (Å²) in [6.07, 6.45) is 1.25. The van der Waals surface area contributed by atoms with Gasteiger partial charge in [-0.05, 0) is 30.3 Å². The molecule has 0 aliphatic carbocycles. The van der Waals surface area contributed by atoms with E-state index < -0.39 is 11.6 Å². The number of nitrogen functional groups attached to an aromatic ring is 1. The van der Waals surface area contributed by atoms with Crippen molar-refractivity contribution in [3.63, 3.8) is 0 Å². The van der Waals surface area contributed by atoms with E-state index >= 15 is 0 Å². The molecule has 0 saturated heterocycles. The van der Waals surface area contributed by atoms with Crippen LogP contribution in [0.5, 0.6) is 0 Å². The minimum atomic E-state index is -0.767. The summed E-state index contributed by atoms with van der Waals surface area (Å²) in [6, 6.07) is 8.06. The summed E-state index contributed by atoms with van der Waals surface area (Å²) < 4.78 is 26.8. The van der Waals surface area contributed by atoms with E-state index in [0.29, 0.717) is 21.6 Å². The van der Waals surface area contributed by atoms with Crippen LogP contribution < -0.4 is 16.4 Å². The zero-order valence-corrected chi connectivity index (χ0v) is 14.0. The van der Waals surface area contributed by atoms with E-state index in [1.807, 2.05) is 0 Å². The summed E-state index contributed by atoms with van der Waals surface area (Å²) in [4.78, 5) is 8.02. The van der Waals surface area contributed by atoms with E-state index in [2.05, 4.69) is 20.6 Å². The number of nitrogens with zero attached hydrogens (tertiary/aromatic N) is 2.